The first-order valence-electron chi connectivity index (χ1n) is 8.57. The summed E-state index contributed by atoms with van der Waals surface area (Å²) in [4.78, 5) is 23.5. The summed E-state index contributed by atoms with van der Waals surface area (Å²) < 4.78 is 0. The summed E-state index contributed by atoms with van der Waals surface area (Å²) in [6.07, 6.45) is 2.96. The lowest BCUT2D eigenvalue weighted by atomic mass is 10.1. The van der Waals surface area contributed by atoms with Crippen LogP contribution < -0.4 is 10.2 Å². The topological polar surface area (TPSA) is 51.7 Å². The van der Waals surface area contributed by atoms with Gasteiger partial charge in [-0.1, -0.05) is 6.07 Å². The Morgan fingerprint density at radius 1 is 1.26 bits per heavy atom. The molecular formula is C17H27N5O. The molecule has 2 saturated heterocycles. The van der Waals surface area contributed by atoms with E-state index in [0.717, 1.165) is 58.1 Å². The number of hydrogen-bond acceptors (Lipinski definition) is 5. The molecule has 0 aliphatic carbocycles. The van der Waals surface area contributed by atoms with Crippen LogP contribution in [0.25, 0.3) is 0 Å². The lowest BCUT2D eigenvalue weighted by Gasteiger charge is -2.35. The van der Waals surface area contributed by atoms with Crippen molar-refractivity contribution in [2.45, 2.75) is 6.42 Å². The van der Waals surface area contributed by atoms with Gasteiger partial charge in [0.05, 0.1) is 6.54 Å². The second kappa shape index (κ2) is 7.75. The van der Waals surface area contributed by atoms with E-state index in [1.807, 2.05) is 36.3 Å². The lowest BCUT2D eigenvalue weighted by Crippen LogP contribution is -2.50. The van der Waals surface area contributed by atoms with Crippen molar-refractivity contribution in [1.29, 1.82) is 0 Å². The fraction of sp³-hybridized carbons (Fsp3) is 0.647. The third kappa shape index (κ3) is 4.20. The molecule has 2 fully saturated rings. The van der Waals surface area contributed by atoms with Crippen LogP contribution in [0.4, 0.5) is 5.82 Å². The van der Waals surface area contributed by atoms with Gasteiger partial charge >= 0.3 is 0 Å². The van der Waals surface area contributed by atoms with E-state index >= 15 is 0 Å². The van der Waals surface area contributed by atoms with Gasteiger partial charge in [-0.15, -0.1) is 0 Å². The van der Waals surface area contributed by atoms with E-state index in [0.29, 0.717) is 12.5 Å². The number of hydrogen-bond donors (Lipinski definition) is 1. The highest BCUT2D eigenvalue weighted by atomic mass is 16.2. The molecule has 0 bridgehead atoms. The van der Waals surface area contributed by atoms with Gasteiger partial charge in [-0.25, -0.2) is 4.98 Å². The first kappa shape index (κ1) is 16.2. The number of carbonyl (C=O) groups is 1. The van der Waals surface area contributed by atoms with E-state index in [1.165, 1.54) is 0 Å². The Balaban J connectivity index is 1.43. The van der Waals surface area contributed by atoms with Crippen LogP contribution in [-0.2, 0) is 4.79 Å². The Bertz CT molecular complexity index is 501. The molecule has 0 saturated carbocycles. The largest absolute Gasteiger partial charge is 0.354 e. The van der Waals surface area contributed by atoms with E-state index in [4.69, 9.17) is 0 Å². The zero-order valence-electron chi connectivity index (χ0n) is 13.9. The maximum Gasteiger partial charge on any atom is 0.236 e. The van der Waals surface area contributed by atoms with Gasteiger partial charge in [0.2, 0.25) is 5.91 Å². The zero-order chi connectivity index (χ0) is 16.1. The minimum Gasteiger partial charge on any atom is -0.354 e. The number of likely N-dealkylation sites (tertiary alicyclic amines) is 1. The van der Waals surface area contributed by atoms with Crippen LogP contribution in [0.15, 0.2) is 24.4 Å². The van der Waals surface area contributed by atoms with Crippen molar-refractivity contribution in [3.8, 4) is 0 Å². The predicted octanol–water partition coefficient (Wildman–Crippen LogP) is 0.272. The lowest BCUT2D eigenvalue weighted by molar-refractivity contribution is -0.131. The molecule has 0 aromatic carbocycles. The third-order valence-corrected chi connectivity index (χ3v) is 4.84. The van der Waals surface area contributed by atoms with Crippen molar-refractivity contribution in [1.82, 2.24) is 20.1 Å². The molecule has 1 aromatic rings. The van der Waals surface area contributed by atoms with Crippen molar-refractivity contribution in [3.63, 3.8) is 0 Å². The highest BCUT2D eigenvalue weighted by Crippen LogP contribution is 2.16. The van der Waals surface area contributed by atoms with Gasteiger partial charge in [-0.2, -0.15) is 0 Å². The van der Waals surface area contributed by atoms with Crippen molar-refractivity contribution >= 4 is 11.7 Å². The third-order valence-electron chi connectivity index (χ3n) is 4.84. The van der Waals surface area contributed by atoms with E-state index in [9.17, 15) is 4.79 Å². The summed E-state index contributed by atoms with van der Waals surface area (Å²) in [5, 5.41) is 3.21. The molecule has 1 amide bonds. The average Bonchev–Trinajstić information content (AvgIpc) is 3.06. The predicted molar refractivity (Wildman–Crippen MR) is 91.5 cm³/mol. The SMILES string of the molecule is CNCC1CCN(C(=O)CN2CCN(c3ccccn3)CC2)C1. The monoisotopic (exact) mass is 317 g/mol. The number of rotatable bonds is 5. The number of piperazine rings is 1. The highest BCUT2D eigenvalue weighted by molar-refractivity contribution is 5.78. The normalized spacial score (nSPS) is 22.6. The fourth-order valence-corrected chi connectivity index (χ4v) is 3.48. The quantitative estimate of drug-likeness (QED) is 0.845. The van der Waals surface area contributed by atoms with Crippen molar-refractivity contribution < 1.29 is 4.79 Å². The molecule has 2 aliphatic heterocycles. The number of nitrogens with zero attached hydrogens (tertiary/aromatic N) is 4. The molecule has 23 heavy (non-hydrogen) atoms. The minimum atomic E-state index is 0.287. The van der Waals surface area contributed by atoms with Crippen LogP contribution in [0, 0.1) is 5.92 Å². The van der Waals surface area contributed by atoms with E-state index in [-0.39, 0.29) is 5.91 Å². The summed E-state index contributed by atoms with van der Waals surface area (Å²) in [6, 6.07) is 6.01. The summed E-state index contributed by atoms with van der Waals surface area (Å²) in [5.41, 5.74) is 0. The maximum absolute atomic E-state index is 12.5. The Hall–Kier alpha value is -1.66. The van der Waals surface area contributed by atoms with Crippen LogP contribution in [0.5, 0.6) is 0 Å². The van der Waals surface area contributed by atoms with Gasteiger partial charge in [-0.05, 0) is 38.1 Å². The summed E-state index contributed by atoms with van der Waals surface area (Å²) >= 11 is 0. The van der Waals surface area contributed by atoms with Crippen molar-refractivity contribution in [2.75, 3.05) is 64.3 Å². The van der Waals surface area contributed by atoms with Crippen molar-refractivity contribution in [3.05, 3.63) is 24.4 Å². The molecule has 0 spiro atoms. The van der Waals surface area contributed by atoms with Gasteiger partial charge in [-0.3, -0.25) is 9.69 Å². The number of pyridine rings is 1. The summed E-state index contributed by atoms with van der Waals surface area (Å²) in [5.74, 6) is 1.94. The zero-order valence-corrected chi connectivity index (χ0v) is 13.9. The fourth-order valence-electron chi connectivity index (χ4n) is 3.48. The van der Waals surface area contributed by atoms with Crippen LogP contribution >= 0.6 is 0 Å². The second-order valence-electron chi connectivity index (χ2n) is 6.50. The Morgan fingerprint density at radius 2 is 2.09 bits per heavy atom. The smallest absolute Gasteiger partial charge is 0.236 e. The van der Waals surface area contributed by atoms with E-state index in [2.05, 4.69) is 20.1 Å². The molecule has 126 valence electrons. The molecule has 1 unspecified atom stereocenters. The molecule has 1 aromatic heterocycles. The Labute approximate surface area is 138 Å². The second-order valence-corrected chi connectivity index (χ2v) is 6.50. The van der Waals surface area contributed by atoms with Crippen LogP contribution in [0.3, 0.4) is 0 Å². The maximum atomic E-state index is 12.5. The molecule has 0 radical (unpaired) electrons. The number of carbonyl (C=O) groups excluding carboxylic acids is 1. The van der Waals surface area contributed by atoms with Crippen LogP contribution in [0.2, 0.25) is 0 Å². The Kier molecular flexibility index (Phi) is 5.46. The standard InChI is InChI=1S/C17H27N5O/c1-18-12-15-5-7-22(13-15)17(23)14-20-8-10-21(11-9-20)16-4-2-3-6-19-16/h2-4,6,15,18H,5,7-14H2,1H3. The molecule has 2 aliphatic rings. The molecule has 1 atom stereocenters. The minimum absolute atomic E-state index is 0.287. The molecule has 6 nitrogen and oxygen atoms in total. The average molecular weight is 317 g/mol. The Morgan fingerprint density at radius 3 is 2.78 bits per heavy atom. The van der Waals surface area contributed by atoms with E-state index in [1.54, 1.807) is 0 Å². The summed E-state index contributed by atoms with van der Waals surface area (Å²) in [6.45, 7) is 7.12. The number of nitrogens with one attached hydrogen (secondary N) is 1. The van der Waals surface area contributed by atoms with Gasteiger partial charge < -0.3 is 15.1 Å². The first-order chi connectivity index (χ1) is 11.3. The van der Waals surface area contributed by atoms with E-state index < -0.39 is 0 Å². The number of amides is 1. The van der Waals surface area contributed by atoms with Crippen LogP contribution in [0.1, 0.15) is 6.42 Å². The molecule has 6 heteroatoms. The van der Waals surface area contributed by atoms with Crippen molar-refractivity contribution in [2.24, 2.45) is 5.92 Å². The number of anilines is 1. The van der Waals surface area contributed by atoms with Gasteiger partial charge in [0.1, 0.15) is 5.82 Å². The van der Waals surface area contributed by atoms with Gasteiger partial charge in [0, 0.05) is 45.5 Å². The molecule has 3 rings (SSSR count). The molecule has 1 N–H and O–H groups in total. The highest BCUT2D eigenvalue weighted by Gasteiger charge is 2.27. The number of aromatic nitrogens is 1. The summed E-state index contributed by atoms with van der Waals surface area (Å²) in [7, 11) is 1.98. The van der Waals surface area contributed by atoms with Crippen LogP contribution in [-0.4, -0.2) is 80.1 Å². The first-order valence-corrected chi connectivity index (χ1v) is 8.57. The molecule has 3 heterocycles. The van der Waals surface area contributed by atoms with Gasteiger partial charge in [0.15, 0.2) is 0 Å². The van der Waals surface area contributed by atoms with Gasteiger partial charge in [0.25, 0.3) is 0 Å². The molecular weight excluding hydrogens is 290 g/mol.